The SMILES string of the molecule is NC(CCC(=O)O)c1cccc(F)c1CF. The largest absolute Gasteiger partial charge is 0.481 e. The quantitative estimate of drug-likeness (QED) is 0.813. The number of halogens is 2. The molecule has 3 nitrogen and oxygen atoms in total. The zero-order chi connectivity index (χ0) is 12.1. The van der Waals surface area contributed by atoms with Crippen molar-refractivity contribution in [1.29, 1.82) is 0 Å². The van der Waals surface area contributed by atoms with E-state index < -0.39 is 24.5 Å². The van der Waals surface area contributed by atoms with Crippen molar-refractivity contribution in [2.75, 3.05) is 0 Å². The van der Waals surface area contributed by atoms with Crippen LogP contribution < -0.4 is 5.73 Å². The molecule has 1 rings (SSSR count). The molecule has 0 heterocycles. The van der Waals surface area contributed by atoms with Gasteiger partial charge in [0.1, 0.15) is 12.5 Å². The van der Waals surface area contributed by atoms with Crippen molar-refractivity contribution < 1.29 is 18.7 Å². The van der Waals surface area contributed by atoms with Crippen LogP contribution in [0.15, 0.2) is 18.2 Å². The predicted octanol–water partition coefficient (Wildman–Crippen LogP) is 2.16. The molecule has 0 saturated carbocycles. The summed E-state index contributed by atoms with van der Waals surface area (Å²) in [5, 5.41) is 8.49. The maximum atomic E-state index is 13.2. The van der Waals surface area contributed by atoms with Crippen LogP contribution in [0.25, 0.3) is 0 Å². The molecular formula is C11H13F2NO2. The fourth-order valence-corrected chi connectivity index (χ4v) is 1.50. The zero-order valence-corrected chi connectivity index (χ0v) is 8.62. The number of hydrogen-bond donors (Lipinski definition) is 2. The molecule has 0 aliphatic carbocycles. The summed E-state index contributed by atoms with van der Waals surface area (Å²) in [6.45, 7) is -0.942. The van der Waals surface area contributed by atoms with Crippen molar-refractivity contribution in [1.82, 2.24) is 0 Å². The highest BCUT2D eigenvalue weighted by atomic mass is 19.1. The predicted molar refractivity (Wildman–Crippen MR) is 55.0 cm³/mol. The van der Waals surface area contributed by atoms with Crippen LogP contribution in [0.5, 0.6) is 0 Å². The van der Waals surface area contributed by atoms with Crippen molar-refractivity contribution in [3.8, 4) is 0 Å². The molecule has 88 valence electrons. The third-order valence-electron chi connectivity index (χ3n) is 2.36. The Bertz CT molecular complexity index is 382. The fraction of sp³-hybridized carbons (Fsp3) is 0.364. The second kappa shape index (κ2) is 5.55. The Balaban J connectivity index is 2.85. The smallest absolute Gasteiger partial charge is 0.303 e. The topological polar surface area (TPSA) is 63.3 Å². The molecule has 1 aromatic carbocycles. The Labute approximate surface area is 91.9 Å². The number of carbonyl (C=O) groups is 1. The van der Waals surface area contributed by atoms with Crippen LogP contribution in [0.4, 0.5) is 8.78 Å². The van der Waals surface area contributed by atoms with Gasteiger partial charge in [-0.25, -0.2) is 8.78 Å². The van der Waals surface area contributed by atoms with Gasteiger partial charge in [-0.15, -0.1) is 0 Å². The fourth-order valence-electron chi connectivity index (χ4n) is 1.50. The van der Waals surface area contributed by atoms with Gasteiger partial charge in [0.15, 0.2) is 0 Å². The van der Waals surface area contributed by atoms with E-state index in [1.54, 1.807) is 0 Å². The average molecular weight is 229 g/mol. The number of carboxylic acids is 1. The number of benzene rings is 1. The molecule has 0 fully saturated rings. The van der Waals surface area contributed by atoms with Gasteiger partial charge < -0.3 is 10.8 Å². The third kappa shape index (κ3) is 3.00. The summed E-state index contributed by atoms with van der Waals surface area (Å²) in [7, 11) is 0. The summed E-state index contributed by atoms with van der Waals surface area (Å²) in [6.07, 6.45) is 0.0369. The maximum Gasteiger partial charge on any atom is 0.303 e. The molecule has 0 spiro atoms. The van der Waals surface area contributed by atoms with Gasteiger partial charge in [-0.05, 0) is 18.1 Å². The molecule has 0 saturated heterocycles. The molecule has 5 heteroatoms. The normalized spacial score (nSPS) is 12.4. The van der Waals surface area contributed by atoms with Crippen LogP contribution in [0, 0.1) is 5.82 Å². The lowest BCUT2D eigenvalue weighted by Crippen LogP contribution is -2.14. The summed E-state index contributed by atoms with van der Waals surface area (Å²) in [5.41, 5.74) is 5.95. The number of nitrogens with two attached hydrogens (primary N) is 1. The molecule has 3 N–H and O–H groups in total. The highest BCUT2D eigenvalue weighted by Crippen LogP contribution is 2.23. The van der Waals surface area contributed by atoms with E-state index in [2.05, 4.69) is 0 Å². The minimum absolute atomic E-state index is 0.0830. The van der Waals surface area contributed by atoms with Crippen LogP contribution in [0.2, 0.25) is 0 Å². The van der Waals surface area contributed by atoms with Crippen molar-refractivity contribution in [2.24, 2.45) is 5.73 Å². The van der Waals surface area contributed by atoms with Crippen LogP contribution in [-0.2, 0) is 11.5 Å². The van der Waals surface area contributed by atoms with E-state index in [-0.39, 0.29) is 18.4 Å². The molecule has 0 aromatic heterocycles. The monoisotopic (exact) mass is 229 g/mol. The number of carboxylic acid groups (broad SMARTS) is 1. The minimum atomic E-state index is -0.978. The molecule has 0 radical (unpaired) electrons. The lowest BCUT2D eigenvalue weighted by atomic mass is 9.97. The van der Waals surface area contributed by atoms with Crippen molar-refractivity contribution in [2.45, 2.75) is 25.6 Å². The summed E-state index contributed by atoms with van der Waals surface area (Å²) < 4.78 is 25.8. The van der Waals surface area contributed by atoms with Crippen LogP contribution in [-0.4, -0.2) is 11.1 Å². The molecule has 16 heavy (non-hydrogen) atoms. The summed E-state index contributed by atoms with van der Waals surface area (Å²) in [6, 6.07) is 3.45. The second-order valence-corrected chi connectivity index (χ2v) is 3.48. The lowest BCUT2D eigenvalue weighted by Gasteiger charge is -2.14. The highest BCUT2D eigenvalue weighted by Gasteiger charge is 2.15. The van der Waals surface area contributed by atoms with Gasteiger partial charge in [-0.3, -0.25) is 4.79 Å². The van der Waals surface area contributed by atoms with E-state index in [0.29, 0.717) is 5.56 Å². The molecule has 0 amide bonds. The second-order valence-electron chi connectivity index (χ2n) is 3.48. The minimum Gasteiger partial charge on any atom is -0.481 e. The standard InChI is InChI=1S/C11H13F2NO2/c12-6-8-7(2-1-3-9(8)13)10(14)4-5-11(15)16/h1-3,10H,4-6,14H2,(H,15,16). The lowest BCUT2D eigenvalue weighted by molar-refractivity contribution is -0.137. The van der Waals surface area contributed by atoms with E-state index in [1.807, 2.05) is 0 Å². The number of rotatable bonds is 5. The Morgan fingerprint density at radius 3 is 2.75 bits per heavy atom. The Hall–Kier alpha value is -1.49. The number of aliphatic carboxylic acids is 1. The van der Waals surface area contributed by atoms with Gasteiger partial charge in [0.05, 0.1) is 0 Å². The van der Waals surface area contributed by atoms with Crippen LogP contribution >= 0.6 is 0 Å². The van der Waals surface area contributed by atoms with Gasteiger partial charge in [0.2, 0.25) is 0 Å². The summed E-state index contributed by atoms with van der Waals surface area (Å²) in [5.74, 6) is -1.63. The molecule has 1 atom stereocenters. The van der Waals surface area contributed by atoms with Crippen LogP contribution in [0.1, 0.15) is 30.0 Å². The van der Waals surface area contributed by atoms with E-state index in [1.165, 1.54) is 12.1 Å². The van der Waals surface area contributed by atoms with Crippen molar-refractivity contribution in [3.63, 3.8) is 0 Å². The third-order valence-corrected chi connectivity index (χ3v) is 2.36. The highest BCUT2D eigenvalue weighted by molar-refractivity contribution is 5.66. The maximum absolute atomic E-state index is 13.2. The number of hydrogen-bond acceptors (Lipinski definition) is 2. The zero-order valence-electron chi connectivity index (χ0n) is 8.62. The Morgan fingerprint density at radius 2 is 2.19 bits per heavy atom. The Morgan fingerprint density at radius 1 is 1.50 bits per heavy atom. The van der Waals surface area contributed by atoms with Gasteiger partial charge >= 0.3 is 5.97 Å². The van der Waals surface area contributed by atoms with Crippen molar-refractivity contribution >= 4 is 5.97 Å². The molecular weight excluding hydrogens is 216 g/mol. The van der Waals surface area contributed by atoms with Gasteiger partial charge in [-0.1, -0.05) is 12.1 Å². The van der Waals surface area contributed by atoms with E-state index in [4.69, 9.17) is 10.8 Å². The molecule has 1 aromatic rings. The van der Waals surface area contributed by atoms with Crippen molar-refractivity contribution in [3.05, 3.63) is 35.1 Å². The van der Waals surface area contributed by atoms with Gasteiger partial charge in [0, 0.05) is 18.0 Å². The first-order valence-electron chi connectivity index (χ1n) is 4.87. The molecule has 0 bridgehead atoms. The Kier molecular flexibility index (Phi) is 4.37. The first-order valence-corrected chi connectivity index (χ1v) is 4.87. The van der Waals surface area contributed by atoms with E-state index in [0.717, 1.165) is 6.07 Å². The molecule has 1 unspecified atom stereocenters. The van der Waals surface area contributed by atoms with E-state index >= 15 is 0 Å². The average Bonchev–Trinajstić information content (AvgIpc) is 2.25. The summed E-state index contributed by atoms with van der Waals surface area (Å²) >= 11 is 0. The molecule has 0 aliphatic heterocycles. The first-order chi connectivity index (χ1) is 7.56. The van der Waals surface area contributed by atoms with Gasteiger partial charge in [0.25, 0.3) is 0 Å². The van der Waals surface area contributed by atoms with E-state index in [9.17, 15) is 13.6 Å². The van der Waals surface area contributed by atoms with Gasteiger partial charge in [-0.2, -0.15) is 0 Å². The first kappa shape index (κ1) is 12.6. The van der Waals surface area contributed by atoms with Crippen LogP contribution in [0.3, 0.4) is 0 Å². The summed E-state index contributed by atoms with van der Waals surface area (Å²) in [4.78, 5) is 10.4. The number of alkyl halides is 1. The molecule has 0 aliphatic rings.